The van der Waals surface area contributed by atoms with Crippen LogP contribution in [0, 0.1) is 6.92 Å². The van der Waals surface area contributed by atoms with E-state index in [-0.39, 0.29) is 22.9 Å². The molecule has 9 nitrogen and oxygen atoms in total. The molecular formula is C17H25N7O2. The molecule has 0 saturated carbocycles. The van der Waals surface area contributed by atoms with Crippen LogP contribution < -0.4 is 5.56 Å². The largest absolute Gasteiger partial charge is 0.338 e. The number of nitrogens with zero attached hydrogens (tertiary/aromatic N) is 6. The Morgan fingerprint density at radius 1 is 1.31 bits per heavy atom. The maximum Gasteiger partial charge on any atom is 0.263 e. The summed E-state index contributed by atoms with van der Waals surface area (Å²) < 4.78 is 2.05. The average Bonchev–Trinajstić information content (AvgIpc) is 2.94. The maximum absolute atomic E-state index is 12.6. The zero-order valence-corrected chi connectivity index (χ0v) is 15.7. The summed E-state index contributed by atoms with van der Waals surface area (Å²) in [6.07, 6.45) is 2.96. The molecule has 1 fully saturated rings. The Labute approximate surface area is 152 Å². The molecule has 2 aromatic rings. The molecule has 0 atom stereocenters. The van der Waals surface area contributed by atoms with Gasteiger partial charge in [-0.3, -0.25) is 9.59 Å². The average molecular weight is 359 g/mol. The van der Waals surface area contributed by atoms with E-state index in [2.05, 4.69) is 29.6 Å². The zero-order chi connectivity index (χ0) is 18.8. The van der Waals surface area contributed by atoms with Gasteiger partial charge < -0.3 is 19.4 Å². The molecule has 0 aromatic carbocycles. The first kappa shape index (κ1) is 18.2. The smallest absolute Gasteiger partial charge is 0.263 e. The fraction of sp³-hybridized carbons (Fsp3) is 0.588. The van der Waals surface area contributed by atoms with E-state index in [9.17, 15) is 9.59 Å². The van der Waals surface area contributed by atoms with Gasteiger partial charge in [-0.1, -0.05) is 0 Å². The molecule has 0 radical (unpaired) electrons. The van der Waals surface area contributed by atoms with E-state index < -0.39 is 0 Å². The van der Waals surface area contributed by atoms with Gasteiger partial charge >= 0.3 is 0 Å². The van der Waals surface area contributed by atoms with Crippen molar-refractivity contribution in [2.24, 2.45) is 7.05 Å². The monoisotopic (exact) mass is 359 g/mol. The molecule has 140 valence electrons. The summed E-state index contributed by atoms with van der Waals surface area (Å²) in [5.74, 6) is 2.40. The minimum absolute atomic E-state index is 0.0981. The highest BCUT2D eigenvalue weighted by Crippen LogP contribution is 2.27. The van der Waals surface area contributed by atoms with Gasteiger partial charge in [0, 0.05) is 32.3 Å². The van der Waals surface area contributed by atoms with Crippen LogP contribution in [0.2, 0.25) is 0 Å². The minimum Gasteiger partial charge on any atom is -0.338 e. The Morgan fingerprint density at radius 3 is 2.62 bits per heavy atom. The van der Waals surface area contributed by atoms with Crippen molar-refractivity contribution < 1.29 is 4.79 Å². The zero-order valence-electron chi connectivity index (χ0n) is 15.7. The molecule has 2 aromatic heterocycles. The van der Waals surface area contributed by atoms with Gasteiger partial charge in [-0.15, -0.1) is 10.2 Å². The van der Waals surface area contributed by atoms with E-state index in [1.165, 1.54) is 6.20 Å². The molecule has 0 spiro atoms. The van der Waals surface area contributed by atoms with Gasteiger partial charge in [0.25, 0.3) is 11.5 Å². The van der Waals surface area contributed by atoms with Crippen LogP contribution in [-0.2, 0) is 13.6 Å². The molecule has 1 N–H and O–H groups in total. The summed E-state index contributed by atoms with van der Waals surface area (Å²) in [5.41, 5.74) is -0.285. The number of aromatic nitrogens is 5. The molecule has 1 saturated heterocycles. The van der Waals surface area contributed by atoms with Crippen LogP contribution in [0.1, 0.15) is 46.6 Å². The lowest BCUT2D eigenvalue weighted by Gasteiger charge is -2.31. The van der Waals surface area contributed by atoms with Crippen LogP contribution in [-0.4, -0.2) is 67.6 Å². The third-order valence-corrected chi connectivity index (χ3v) is 4.76. The molecular weight excluding hydrogens is 334 g/mol. The SMILES string of the molecule is Cc1ncc(C(=O)N2CCC(c3nnc(CN(C)C)n3C)CC2)c(=O)[nH]1. The quantitative estimate of drug-likeness (QED) is 0.842. The number of hydrogen-bond donors (Lipinski definition) is 1. The minimum atomic E-state index is -0.383. The van der Waals surface area contributed by atoms with Gasteiger partial charge in [-0.2, -0.15) is 0 Å². The van der Waals surface area contributed by atoms with Crippen LogP contribution in [0.15, 0.2) is 11.0 Å². The van der Waals surface area contributed by atoms with E-state index in [1.54, 1.807) is 11.8 Å². The van der Waals surface area contributed by atoms with Gasteiger partial charge in [0.2, 0.25) is 0 Å². The lowest BCUT2D eigenvalue weighted by molar-refractivity contribution is 0.0708. The third-order valence-electron chi connectivity index (χ3n) is 4.76. The maximum atomic E-state index is 12.6. The fourth-order valence-corrected chi connectivity index (χ4v) is 3.30. The predicted octanol–water partition coefficient (Wildman–Crippen LogP) is 0.288. The number of carbonyl (C=O) groups excluding carboxylic acids is 1. The van der Waals surface area contributed by atoms with Crippen LogP contribution in [0.4, 0.5) is 0 Å². The van der Waals surface area contributed by atoms with Crippen molar-refractivity contribution in [3.05, 3.63) is 39.6 Å². The second kappa shape index (κ2) is 7.36. The Morgan fingerprint density at radius 2 is 2.00 bits per heavy atom. The first-order valence-corrected chi connectivity index (χ1v) is 8.75. The van der Waals surface area contributed by atoms with Crippen LogP contribution in [0.3, 0.4) is 0 Å². The molecule has 0 unspecified atom stereocenters. The van der Waals surface area contributed by atoms with E-state index in [1.807, 2.05) is 21.1 Å². The van der Waals surface area contributed by atoms with Gasteiger partial charge in [-0.25, -0.2) is 4.98 Å². The molecule has 9 heteroatoms. The Bertz CT molecular complexity index is 847. The highest BCUT2D eigenvalue weighted by molar-refractivity contribution is 5.93. The van der Waals surface area contributed by atoms with Crippen LogP contribution in [0.5, 0.6) is 0 Å². The number of rotatable bonds is 4. The third kappa shape index (κ3) is 3.67. The molecule has 1 aliphatic heterocycles. The second-order valence-electron chi connectivity index (χ2n) is 7.05. The van der Waals surface area contributed by atoms with E-state index in [0.29, 0.717) is 18.9 Å². The van der Waals surface area contributed by atoms with E-state index in [0.717, 1.165) is 31.0 Å². The molecule has 26 heavy (non-hydrogen) atoms. The first-order chi connectivity index (χ1) is 12.4. The lowest BCUT2D eigenvalue weighted by atomic mass is 9.95. The highest BCUT2D eigenvalue weighted by atomic mass is 16.2. The number of nitrogens with one attached hydrogen (secondary N) is 1. The lowest BCUT2D eigenvalue weighted by Crippen LogP contribution is -2.40. The highest BCUT2D eigenvalue weighted by Gasteiger charge is 2.29. The van der Waals surface area contributed by atoms with Crippen molar-refractivity contribution >= 4 is 5.91 Å². The Kier molecular flexibility index (Phi) is 5.17. The topological polar surface area (TPSA) is 100 Å². The number of piperidine rings is 1. The number of amides is 1. The normalized spacial score (nSPS) is 15.7. The van der Waals surface area contributed by atoms with Crippen LogP contribution in [0.25, 0.3) is 0 Å². The van der Waals surface area contributed by atoms with Crippen molar-refractivity contribution in [1.29, 1.82) is 0 Å². The number of hydrogen-bond acceptors (Lipinski definition) is 6. The van der Waals surface area contributed by atoms with Crippen molar-refractivity contribution in [3.63, 3.8) is 0 Å². The Balaban J connectivity index is 1.67. The molecule has 0 aliphatic carbocycles. The van der Waals surface area contributed by atoms with Crippen LogP contribution >= 0.6 is 0 Å². The standard InChI is InChI=1S/C17H25N7O2/c1-11-18-9-13(16(25)19-11)17(26)24-7-5-12(6-8-24)15-21-20-14(23(15)4)10-22(2)3/h9,12H,5-8,10H2,1-4H3,(H,18,19,25). The van der Waals surface area contributed by atoms with E-state index in [4.69, 9.17) is 0 Å². The molecule has 3 rings (SSSR count). The molecule has 1 aliphatic rings. The summed E-state index contributed by atoms with van der Waals surface area (Å²) >= 11 is 0. The number of likely N-dealkylation sites (tertiary alicyclic amines) is 1. The van der Waals surface area contributed by atoms with Crippen molar-refractivity contribution in [2.45, 2.75) is 32.2 Å². The first-order valence-electron chi connectivity index (χ1n) is 8.75. The molecule has 0 bridgehead atoms. The summed E-state index contributed by atoms with van der Waals surface area (Å²) in [6.45, 7) is 3.61. The van der Waals surface area contributed by atoms with Gasteiger partial charge in [0.05, 0.1) is 6.54 Å². The number of H-pyrrole nitrogens is 1. The summed E-state index contributed by atoms with van der Waals surface area (Å²) in [4.78, 5) is 35.0. The second-order valence-corrected chi connectivity index (χ2v) is 7.05. The molecule has 1 amide bonds. The summed E-state index contributed by atoms with van der Waals surface area (Å²) in [7, 11) is 5.99. The predicted molar refractivity (Wildman–Crippen MR) is 95.9 cm³/mol. The summed E-state index contributed by atoms with van der Waals surface area (Å²) in [6, 6.07) is 0. The molecule has 3 heterocycles. The van der Waals surface area contributed by atoms with Crippen molar-refractivity contribution in [3.8, 4) is 0 Å². The van der Waals surface area contributed by atoms with Gasteiger partial charge in [0.15, 0.2) is 0 Å². The van der Waals surface area contributed by atoms with Gasteiger partial charge in [0.1, 0.15) is 23.0 Å². The number of aryl methyl sites for hydroxylation is 1. The van der Waals surface area contributed by atoms with E-state index >= 15 is 0 Å². The Hall–Kier alpha value is -2.55. The number of carbonyl (C=O) groups is 1. The summed E-state index contributed by atoms with van der Waals surface area (Å²) in [5, 5.41) is 8.65. The van der Waals surface area contributed by atoms with Gasteiger partial charge in [-0.05, 0) is 33.9 Å². The van der Waals surface area contributed by atoms with Crippen molar-refractivity contribution in [1.82, 2.24) is 34.5 Å². The number of aromatic amines is 1. The fourth-order valence-electron chi connectivity index (χ4n) is 3.30. The van der Waals surface area contributed by atoms with Crippen molar-refractivity contribution in [2.75, 3.05) is 27.2 Å².